The quantitative estimate of drug-likeness (QED) is 0.500. The summed E-state index contributed by atoms with van der Waals surface area (Å²) in [5, 5.41) is 11.3. The van der Waals surface area contributed by atoms with Crippen molar-refractivity contribution in [3.63, 3.8) is 0 Å². The number of allylic oxidation sites excluding steroid dienone is 1. The number of aliphatic imine (C=N–C) groups is 1. The first-order chi connectivity index (χ1) is 15.7. The summed E-state index contributed by atoms with van der Waals surface area (Å²) in [4.78, 5) is 18.0. The third-order valence-corrected chi connectivity index (χ3v) is 8.10. The van der Waals surface area contributed by atoms with Gasteiger partial charge in [0.1, 0.15) is 17.5 Å². The van der Waals surface area contributed by atoms with Crippen LogP contribution in [0.2, 0.25) is 5.02 Å². The van der Waals surface area contributed by atoms with Gasteiger partial charge in [0.05, 0.1) is 17.2 Å². The van der Waals surface area contributed by atoms with Crippen LogP contribution in [0.15, 0.2) is 34.8 Å². The number of fused-ring (bicyclic) bond motifs is 4. The largest absolute Gasteiger partial charge is 0.460 e. The number of nitrogens with zero attached hydrogens (tertiary/aromatic N) is 4. The number of hydrogen-bond donors (Lipinski definition) is 0. The number of halogens is 1. The highest BCUT2D eigenvalue weighted by Gasteiger charge is 2.43. The molecular formula is C25H29ClN4O2S. The van der Waals surface area contributed by atoms with Crippen LogP contribution in [-0.4, -0.2) is 37.3 Å². The molecule has 6 nitrogen and oxygen atoms in total. The van der Waals surface area contributed by atoms with Crippen molar-refractivity contribution < 1.29 is 9.53 Å². The van der Waals surface area contributed by atoms with Gasteiger partial charge in [0.2, 0.25) is 0 Å². The molecule has 8 heteroatoms. The molecule has 1 aliphatic carbocycles. The molecule has 0 amide bonds. The summed E-state index contributed by atoms with van der Waals surface area (Å²) in [6, 6.07) is 7.38. The van der Waals surface area contributed by atoms with E-state index in [0.29, 0.717) is 22.0 Å². The molecule has 1 aromatic heterocycles. The summed E-state index contributed by atoms with van der Waals surface area (Å²) in [5.74, 6) is 1.68. The number of benzene rings is 1. The molecule has 3 heterocycles. The van der Waals surface area contributed by atoms with Gasteiger partial charge in [0.15, 0.2) is 5.82 Å². The molecule has 3 aliphatic rings. The number of ether oxygens (including phenoxy) is 1. The summed E-state index contributed by atoms with van der Waals surface area (Å²) in [6.07, 6.45) is 4.95. The van der Waals surface area contributed by atoms with E-state index in [1.807, 2.05) is 63.7 Å². The Morgan fingerprint density at radius 2 is 1.91 bits per heavy atom. The summed E-state index contributed by atoms with van der Waals surface area (Å²) in [7, 11) is 0. The Kier molecular flexibility index (Phi) is 5.90. The summed E-state index contributed by atoms with van der Waals surface area (Å²) >= 11 is 8.13. The summed E-state index contributed by atoms with van der Waals surface area (Å²) < 4.78 is 7.78. The van der Waals surface area contributed by atoms with Gasteiger partial charge >= 0.3 is 5.97 Å². The van der Waals surface area contributed by atoms with E-state index in [1.54, 1.807) is 0 Å². The monoisotopic (exact) mass is 484 g/mol. The van der Waals surface area contributed by atoms with Gasteiger partial charge in [-0.3, -0.25) is 14.4 Å². The lowest BCUT2D eigenvalue weighted by molar-refractivity contribution is -0.155. The van der Waals surface area contributed by atoms with E-state index in [1.165, 1.54) is 29.9 Å². The van der Waals surface area contributed by atoms with Crippen molar-refractivity contribution in [1.82, 2.24) is 14.8 Å². The minimum atomic E-state index is -0.556. The SMILES string of the molecule is Cc1nnc2n1C1=C(C(c3ccc(Cl)cc3)=N[C@H]2CC(=O)OC(C)(C)C)C2CCCCC2S1. The van der Waals surface area contributed by atoms with Crippen molar-refractivity contribution in [3.05, 3.63) is 52.1 Å². The van der Waals surface area contributed by atoms with Crippen LogP contribution in [0.25, 0.3) is 5.03 Å². The smallest absolute Gasteiger partial charge is 0.308 e. The third-order valence-electron chi connectivity index (χ3n) is 6.36. The number of esters is 1. The minimum absolute atomic E-state index is 0.117. The molecule has 2 aliphatic heterocycles. The van der Waals surface area contributed by atoms with Gasteiger partial charge in [-0.2, -0.15) is 0 Å². The van der Waals surface area contributed by atoms with Crippen molar-refractivity contribution in [2.24, 2.45) is 10.9 Å². The molecule has 0 N–H and O–H groups in total. The normalized spacial score (nSPS) is 24.5. The molecule has 0 bridgehead atoms. The molecule has 2 unspecified atom stereocenters. The van der Waals surface area contributed by atoms with Crippen LogP contribution in [0, 0.1) is 12.8 Å². The topological polar surface area (TPSA) is 69.4 Å². The van der Waals surface area contributed by atoms with E-state index in [2.05, 4.69) is 14.8 Å². The van der Waals surface area contributed by atoms with Gasteiger partial charge in [-0.25, -0.2) is 0 Å². The van der Waals surface area contributed by atoms with Crippen molar-refractivity contribution in [2.75, 3.05) is 0 Å². The van der Waals surface area contributed by atoms with Gasteiger partial charge in [-0.1, -0.05) is 36.6 Å². The molecule has 0 radical (unpaired) electrons. The van der Waals surface area contributed by atoms with Gasteiger partial charge in [0, 0.05) is 27.3 Å². The Labute approximate surface area is 203 Å². The van der Waals surface area contributed by atoms with Crippen molar-refractivity contribution in [2.45, 2.75) is 76.7 Å². The Balaban J connectivity index is 1.65. The molecule has 33 heavy (non-hydrogen) atoms. The van der Waals surface area contributed by atoms with Crippen LogP contribution in [0.3, 0.4) is 0 Å². The van der Waals surface area contributed by atoms with Crippen LogP contribution in [0.1, 0.15) is 76.1 Å². The van der Waals surface area contributed by atoms with E-state index in [4.69, 9.17) is 21.3 Å². The second kappa shape index (κ2) is 8.58. The Bertz CT molecular complexity index is 1150. The molecule has 1 saturated carbocycles. The first-order valence-corrected chi connectivity index (χ1v) is 12.9. The first-order valence-electron chi connectivity index (χ1n) is 11.6. The maximum absolute atomic E-state index is 12.8. The van der Waals surface area contributed by atoms with E-state index in [-0.39, 0.29) is 12.4 Å². The Hall–Kier alpha value is -2.12. The predicted molar refractivity (Wildman–Crippen MR) is 133 cm³/mol. The fraction of sp³-hybridized carbons (Fsp3) is 0.520. The standard InChI is InChI=1S/C25H29ClN4O2S/c1-14-28-29-23-18(13-20(31)32-25(2,3)4)27-22(15-9-11-16(26)12-10-15)21-17-7-5-6-8-19(17)33-24(21)30(14)23/h9-12,17-19H,5-8,13H2,1-4H3/t17?,18-,19?/m0/s1. The molecule has 2 aromatic rings. The molecule has 174 valence electrons. The van der Waals surface area contributed by atoms with Crippen molar-refractivity contribution >= 4 is 40.1 Å². The average molecular weight is 485 g/mol. The van der Waals surface area contributed by atoms with E-state index >= 15 is 0 Å². The molecule has 1 aromatic carbocycles. The lowest BCUT2D eigenvalue weighted by Gasteiger charge is -2.27. The maximum Gasteiger partial charge on any atom is 0.308 e. The molecule has 0 spiro atoms. The number of carbonyl (C=O) groups excluding carboxylic acids is 1. The number of carbonyl (C=O) groups is 1. The Morgan fingerprint density at radius 3 is 2.64 bits per heavy atom. The molecular weight excluding hydrogens is 456 g/mol. The number of hydrogen-bond acceptors (Lipinski definition) is 6. The highest BCUT2D eigenvalue weighted by molar-refractivity contribution is 8.08. The predicted octanol–water partition coefficient (Wildman–Crippen LogP) is 5.99. The molecule has 0 saturated heterocycles. The number of aryl methyl sites for hydroxylation is 1. The zero-order valence-electron chi connectivity index (χ0n) is 19.5. The van der Waals surface area contributed by atoms with Crippen molar-refractivity contribution in [3.8, 4) is 0 Å². The van der Waals surface area contributed by atoms with Crippen LogP contribution < -0.4 is 0 Å². The van der Waals surface area contributed by atoms with E-state index < -0.39 is 11.6 Å². The van der Waals surface area contributed by atoms with Gasteiger partial charge in [0.25, 0.3) is 0 Å². The Morgan fingerprint density at radius 1 is 1.18 bits per heavy atom. The first kappa shape index (κ1) is 22.7. The van der Waals surface area contributed by atoms with Crippen LogP contribution >= 0.6 is 23.4 Å². The maximum atomic E-state index is 12.8. The number of rotatable bonds is 3. The summed E-state index contributed by atoms with van der Waals surface area (Å²) in [5.41, 5.74) is 2.67. The molecule has 5 rings (SSSR count). The second-order valence-electron chi connectivity index (χ2n) is 10.00. The van der Waals surface area contributed by atoms with Crippen molar-refractivity contribution in [1.29, 1.82) is 0 Å². The highest BCUT2D eigenvalue weighted by Crippen LogP contribution is 2.54. The average Bonchev–Trinajstić information content (AvgIpc) is 3.27. The zero-order chi connectivity index (χ0) is 23.3. The fourth-order valence-electron chi connectivity index (χ4n) is 5.03. The lowest BCUT2D eigenvalue weighted by Crippen LogP contribution is -2.26. The van der Waals surface area contributed by atoms with Crippen LogP contribution in [0.5, 0.6) is 0 Å². The second-order valence-corrected chi connectivity index (χ2v) is 11.7. The van der Waals surface area contributed by atoms with Gasteiger partial charge in [-0.05, 0) is 52.7 Å². The molecule has 1 fully saturated rings. The summed E-state index contributed by atoms with van der Waals surface area (Å²) in [6.45, 7) is 7.61. The van der Waals surface area contributed by atoms with E-state index in [0.717, 1.165) is 23.5 Å². The van der Waals surface area contributed by atoms with Crippen LogP contribution in [-0.2, 0) is 9.53 Å². The number of thioether (sulfide) groups is 1. The lowest BCUT2D eigenvalue weighted by atomic mass is 9.80. The third kappa shape index (κ3) is 4.37. The fourth-order valence-corrected chi connectivity index (χ4v) is 6.87. The molecule has 3 atom stereocenters. The minimum Gasteiger partial charge on any atom is -0.460 e. The highest BCUT2D eigenvalue weighted by atomic mass is 35.5. The van der Waals surface area contributed by atoms with E-state index in [9.17, 15) is 4.79 Å². The number of aromatic nitrogens is 3. The van der Waals surface area contributed by atoms with Gasteiger partial charge < -0.3 is 4.74 Å². The van der Waals surface area contributed by atoms with Gasteiger partial charge in [-0.15, -0.1) is 22.0 Å². The zero-order valence-corrected chi connectivity index (χ0v) is 21.0. The van der Waals surface area contributed by atoms with Crippen LogP contribution in [0.4, 0.5) is 0 Å².